The maximum absolute atomic E-state index is 12.2. The lowest BCUT2D eigenvalue weighted by Gasteiger charge is -2.33. The summed E-state index contributed by atoms with van der Waals surface area (Å²) in [4.78, 5) is 26.1. The topological polar surface area (TPSA) is 87.5 Å². The predicted octanol–water partition coefficient (Wildman–Crippen LogP) is 2.59. The van der Waals surface area contributed by atoms with E-state index in [-0.39, 0.29) is 30.4 Å². The number of halogens is 1. The zero-order chi connectivity index (χ0) is 17.5. The lowest BCUT2D eigenvalue weighted by molar-refractivity contribution is -0.123. The fourth-order valence-corrected chi connectivity index (χ4v) is 2.87. The number of carbonyl (C=O) groups excluding carboxylic acids is 2. The number of hydrogen-bond acceptors (Lipinski definition) is 3. The van der Waals surface area contributed by atoms with Crippen LogP contribution in [-0.2, 0) is 4.79 Å². The monoisotopic (exact) mass is 368 g/mol. The minimum atomic E-state index is -0.454. The number of nitrogens with one attached hydrogen (secondary N) is 2. The van der Waals surface area contributed by atoms with Gasteiger partial charge in [-0.2, -0.15) is 0 Å². The molecule has 1 saturated heterocycles. The molecule has 1 aliphatic rings. The predicted molar refractivity (Wildman–Crippen MR) is 103 cm³/mol. The lowest BCUT2D eigenvalue weighted by Crippen LogP contribution is -2.51. The fraction of sp³-hybridized carbons (Fsp3) is 0.556. The van der Waals surface area contributed by atoms with Crippen LogP contribution in [0.15, 0.2) is 30.3 Å². The van der Waals surface area contributed by atoms with Gasteiger partial charge in [-0.1, -0.05) is 32.0 Å². The number of rotatable bonds is 5. The molecule has 140 valence electrons. The van der Waals surface area contributed by atoms with Crippen molar-refractivity contribution >= 4 is 30.0 Å². The largest absolute Gasteiger partial charge is 0.352 e. The molecule has 0 bridgehead atoms. The Kier molecular flexibility index (Phi) is 8.72. The Morgan fingerprint density at radius 2 is 1.80 bits per heavy atom. The number of hydrogen-bond donors (Lipinski definition) is 3. The van der Waals surface area contributed by atoms with Gasteiger partial charge in [-0.15, -0.1) is 12.4 Å². The Morgan fingerprint density at radius 3 is 2.36 bits per heavy atom. The van der Waals surface area contributed by atoms with Crippen molar-refractivity contribution in [2.24, 2.45) is 11.7 Å². The lowest BCUT2D eigenvalue weighted by atomic mass is 10.0. The summed E-state index contributed by atoms with van der Waals surface area (Å²) >= 11 is 0. The van der Waals surface area contributed by atoms with Crippen LogP contribution in [0.25, 0.3) is 0 Å². The molecule has 0 aromatic heterocycles. The average Bonchev–Trinajstić information content (AvgIpc) is 2.55. The number of amides is 3. The van der Waals surface area contributed by atoms with Gasteiger partial charge in [-0.05, 0) is 37.3 Å². The van der Waals surface area contributed by atoms with Crippen molar-refractivity contribution in [3.8, 4) is 0 Å². The maximum Gasteiger partial charge on any atom is 0.321 e. The molecule has 25 heavy (non-hydrogen) atoms. The van der Waals surface area contributed by atoms with Crippen molar-refractivity contribution in [1.29, 1.82) is 0 Å². The third-order valence-electron chi connectivity index (χ3n) is 4.22. The van der Waals surface area contributed by atoms with E-state index in [0.29, 0.717) is 25.4 Å². The normalized spacial score (nSPS) is 16.1. The van der Waals surface area contributed by atoms with Crippen LogP contribution in [0.1, 0.15) is 33.1 Å². The molecule has 2 rings (SSSR count). The highest BCUT2D eigenvalue weighted by Crippen LogP contribution is 2.14. The fourth-order valence-electron chi connectivity index (χ4n) is 2.87. The number of carbonyl (C=O) groups is 2. The number of para-hydroxylation sites is 1. The van der Waals surface area contributed by atoms with Crippen molar-refractivity contribution in [3.05, 3.63) is 30.3 Å². The summed E-state index contributed by atoms with van der Waals surface area (Å²) < 4.78 is 0. The van der Waals surface area contributed by atoms with Crippen LogP contribution < -0.4 is 16.4 Å². The molecule has 0 spiro atoms. The Bertz CT molecular complexity index is 545. The molecule has 0 saturated carbocycles. The van der Waals surface area contributed by atoms with Crippen molar-refractivity contribution in [2.75, 3.05) is 18.4 Å². The van der Waals surface area contributed by atoms with E-state index in [1.165, 1.54) is 0 Å². The summed E-state index contributed by atoms with van der Waals surface area (Å²) in [6.45, 7) is 5.36. The zero-order valence-electron chi connectivity index (χ0n) is 14.9. The third kappa shape index (κ3) is 6.92. The Morgan fingerprint density at radius 1 is 1.20 bits per heavy atom. The smallest absolute Gasteiger partial charge is 0.321 e. The summed E-state index contributed by atoms with van der Waals surface area (Å²) in [6.07, 6.45) is 2.19. The molecule has 1 aromatic carbocycles. The van der Waals surface area contributed by atoms with Gasteiger partial charge < -0.3 is 21.3 Å². The zero-order valence-corrected chi connectivity index (χ0v) is 15.7. The molecule has 1 heterocycles. The van der Waals surface area contributed by atoms with E-state index in [2.05, 4.69) is 24.5 Å². The number of nitrogens with two attached hydrogens (primary N) is 1. The summed E-state index contributed by atoms with van der Waals surface area (Å²) in [7, 11) is 0. The second-order valence-electron chi connectivity index (χ2n) is 6.80. The highest BCUT2D eigenvalue weighted by atomic mass is 35.5. The maximum atomic E-state index is 12.2. The summed E-state index contributed by atoms with van der Waals surface area (Å²) in [5.74, 6) is 0.310. The number of nitrogens with zero attached hydrogens (tertiary/aromatic N) is 1. The van der Waals surface area contributed by atoms with Gasteiger partial charge >= 0.3 is 6.03 Å². The van der Waals surface area contributed by atoms with Crippen molar-refractivity contribution in [1.82, 2.24) is 10.2 Å². The van der Waals surface area contributed by atoms with Gasteiger partial charge in [0.15, 0.2) is 0 Å². The first-order valence-electron chi connectivity index (χ1n) is 8.62. The second-order valence-corrected chi connectivity index (χ2v) is 6.80. The van der Waals surface area contributed by atoms with Crippen LogP contribution >= 0.6 is 12.4 Å². The molecule has 0 unspecified atom stereocenters. The van der Waals surface area contributed by atoms with E-state index in [1.807, 2.05) is 30.3 Å². The van der Waals surface area contributed by atoms with E-state index in [0.717, 1.165) is 18.5 Å². The molecule has 1 aromatic rings. The molecule has 0 aliphatic carbocycles. The highest BCUT2D eigenvalue weighted by molar-refractivity contribution is 5.89. The van der Waals surface area contributed by atoms with Gasteiger partial charge in [-0.3, -0.25) is 4.79 Å². The summed E-state index contributed by atoms with van der Waals surface area (Å²) in [5.41, 5.74) is 6.70. The van der Waals surface area contributed by atoms with Gasteiger partial charge in [0, 0.05) is 24.8 Å². The van der Waals surface area contributed by atoms with E-state index in [1.54, 1.807) is 4.90 Å². The first kappa shape index (κ1) is 21.3. The molecule has 1 atom stereocenters. The minimum absolute atomic E-state index is 0. The van der Waals surface area contributed by atoms with Gasteiger partial charge in [-0.25, -0.2) is 4.79 Å². The molecule has 6 nitrogen and oxygen atoms in total. The van der Waals surface area contributed by atoms with Crippen molar-refractivity contribution in [3.63, 3.8) is 0 Å². The molecule has 0 radical (unpaired) electrons. The Balaban J connectivity index is 0.00000312. The first-order chi connectivity index (χ1) is 11.5. The highest BCUT2D eigenvalue weighted by Gasteiger charge is 2.25. The standard InChI is InChI=1S/C18H28N4O2.ClH/c1-13(2)12-16(19)17(23)20-15-8-10-22(11-9-15)18(24)21-14-6-4-3-5-7-14;/h3-7,13,15-16H,8-12,19H2,1-2H3,(H,20,23)(H,21,24);1H/t16-;/m0./s1. The van der Waals surface area contributed by atoms with E-state index < -0.39 is 6.04 Å². The van der Waals surface area contributed by atoms with Crippen LogP contribution in [0.2, 0.25) is 0 Å². The Labute approximate surface area is 155 Å². The SMILES string of the molecule is CC(C)C[C@H](N)C(=O)NC1CCN(C(=O)Nc2ccccc2)CC1.Cl. The molecule has 1 fully saturated rings. The first-order valence-corrected chi connectivity index (χ1v) is 8.62. The van der Waals surface area contributed by atoms with Crippen LogP contribution in [0.3, 0.4) is 0 Å². The number of likely N-dealkylation sites (tertiary alicyclic amines) is 1. The average molecular weight is 369 g/mol. The number of urea groups is 1. The second kappa shape index (κ2) is 10.3. The van der Waals surface area contributed by atoms with Crippen LogP contribution in [-0.4, -0.2) is 42.0 Å². The Hall–Kier alpha value is -1.79. The van der Waals surface area contributed by atoms with Gasteiger partial charge in [0.05, 0.1) is 6.04 Å². The van der Waals surface area contributed by atoms with Crippen LogP contribution in [0, 0.1) is 5.92 Å². The van der Waals surface area contributed by atoms with E-state index in [4.69, 9.17) is 5.73 Å². The minimum Gasteiger partial charge on any atom is -0.352 e. The molecule has 1 aliphatic heterocycles. The quantitative estimate of drug-likeness (QED) is 0.746. The van der Waals surface area contributed by atoms with E-state index in [9.17, 15) is 9.59 Å². The van der Waals surface area contributed by atoms with E-state index >= 15 is 0 Å². The molecule has 4 N–H and O–H groups in total. The van der Waals surface area contributed by atoms with Gasteiger partial charge in [0.25, 0.3) is 0 Å². The number of anilines is 1. The summed E-state index contributed by atoms with van der Waals surface area (Å²) in [6, 6.07) is 8.95. The molecular formula is C18H29ClN4O2. The van der Waals surface area contributed by atoms with Crippen molar-refractivity contribution in [2.45, 2.75) is 45.2 Å². The van der Waals surface area contributed by atoms with Crippen LogP contribution in [0.4, 0.5) is 10.5 Å². The summed E-state index contributed by atoms with van der Waals surface area (Å²) in [5, 5.41) is 5.90. The van der Waals surface area contributed by atoms with Gasteiger partial charge in [0.2, 0.25) is 5.91 Å². The molecular weight excluding hydrogens is 340 g/mol. The molecule has 7 heteroatoms. The molecule has 3 amide bonds. The third-order valence-corrected chi connectivity index (χ3v) is 4.22. The number of piperidine rings is 1. The van der Waals surface area contributed by atoms with Crippen LogP contribution in [0.5, 0.6) is 0 Å². The van der Waals surface area contributed by atoms with Gasteiger partial charge in [0.1, 0.15) is 0 Å². The van der Waals surface area contributed by atoms with Crippen molar-refractivity contribution < 1.29 is 9.59 Å². The number of benzene rings is 1.